The fourth-order valence-corrected chi connectivity index (χ4v) is 1.96. The fourth-order valence-electron chi connectivity index (χ4n) is 1.24. The zero-order valence-corrected chi connectivity index (χ0v) is 10.7. The van der Waals surface area contributed by atoms with Gasteiger partial charge in [-0.25, -0.2) is 4.79 Å². The van der Waals surface area contributed by atoms with Gasteiger partial charge in [0.15, 0.2) is 5.88 Å². The highest BCUT2D eigenvalue weighted by molar-refractivity contribution is 9.10. The van der Waals surface area contributed by atoms with Gasteiger partial charge in [-0.3, -0.25) is 0 Å². The van der Waals surface area contributed by atoms with E-state index in [4.69, 9.17) is 21.1 Å². The maximum Gasteiger partial charge on any atom is 0.371 e. The molecule has 0 bridgehead atoms. The molecule has 2 N–H and O–H groups in total. The lowest BCUT2D eigenvalue weighted by atomic mass is 10.3. The zero-order valence-electron chi connectivity index (χ0n) is 8.41. The number of hydrogen-bond acceptors (Lipinski definition) is 3. The van der Waals surface area contributed by atoms with Gasteiger partial charge in [-0.1, -0.05) is 27.5 Å². The highest BCUT2D eigenvalue weighted by Crippen LogP contribution is 2.29. The summed E-state index contributed by atoms with van der Waals surface area (Å²) in [6.45, 7) is 0. The predicted octanol–water partition coefficient (Wildman–Crippen LogP) is 4.14. The molecule has 0 aliphatic carbocycles. The molecule has 0 amide bonds. The minimum atomic E-state index is -1.11. The molecule has 2 aromatic rings. The van der Waals surface area contributed by atoms with Crippen molar-refractivity contribution in [2.45, 2.75) is 0 Å². The van der Waals surface area contributed by atoms with Gasteiger partial charge in [0.05, 0.1) is 10.7 Å². The summed E-state index contributed by atoms with van der Waals surface area (Å²) in [5.41, 5.74) is 0.640. The number of carboxylic acids is 1. The van der Waals surface area contributed by atoms with E-state index in [1.165, 1.54) is 12.1 Å². The molecule has 0 fully saturated rings. The van der Waals surface area contributed by atoms with E-state index in [1.54, 1.807) is 12.1 Å². The second-order valence-electron chi connectivity index (χ2n) is 3.22. The summed E-state index contributed by atoms with van der Waals surface area (Å²) < 4.78 is 5.91. The molecule has 0 aliphatic heterocycles. The largest absolute Gasteiger partial charge is 0.475 e. The minimum absolute atomic E-state index is 0.124. The number of rotatable bonds is 3. The van der Waals surface area contributed by atoms with Gasteiger partial charge in [0.25, 0.3) is 0 Å². The smallest absolute Gasteiger partial charge is 0.371 e. The van der Waals surface area contributed by atoms with Crippen LogP contribution in [0.2, 0.25) is 5.02 Å². The summed E-state index contributed by atoms with van der Waals surface area (Å²) in [6, 6.07) is 8.20. The zero-order chi connectivity index (χ0) is 12.4. The second-order valence-corrected chi connectivity index (χ2v) is 4.54. The number of nitrogens with one attached hydrogen (secondary N) is 1. The average molecular weight is 317 g/mol. The van der Waals surface area contributed by atoms with Gasteiger partial charge < -0.3 is 14.8 Å². The van der Waals surface area contributed by atoms with Crippen molar-refractivity contribution < 1.29 is 14.3 Å². The van der Waals surface area contributed by atoms with Gasteiger partial charge in [0, 0.05) is 10.5 Å². The molecule has 0 saturated heterocycles. The molecule has 1 aromatic heterocycles. The van der Waals surface area contributed by atoms with E-state index in [9.17, 15) is 4.79 Å². The first kappa shape index (κ1) is 12.0. The lowest BCUT2D eigenvalue weighted by Gasteiger charge is -2.05. The van der Waals surface area contributed by atoms with Gasteiger partial charge in [-0.2, -0.15) is 0 Å². The van der Waals surface area contributed by atoms with E-state index in [1.807, 2.05) is 6.07 Å². The third-order valence-electron chi connectivity index (χ3n) is 2.01. The normalized spacial score (nSPS) is 10.2. The Balaban J connectivity index is 2.22. The number of aromatic carboxylic acids is 1. The molecule has 1 aromatic carbocycles. The maximum absolute atomic E-state index is 10.6. The first-order chi connectivity index (χ1) is 8.06. The molecule has 0 spiro atoms. The summed E-state index contributed by atoms with van der Waals surface area (Å²) >= 11 is 9.29. The number of carboxylic acid groups (broad SMARTS) is 1. The van der Waals surface area contributed by atoms with E-state index >= 15 is 0 Å². The molecule has 0 aliphatic rings. The standard InChI is InChI=1S/C11H7BrClNO3/c12-6-1-2-8(7(13)5-6)14-10-4-3-9(17-10)11(15)16/h1-5,14H,(H,15,16). The Morgan fingerprint density at radius 1 is 1.35 bits per heavy atom. The van der Waals surface area contributed by atoms with E-state index < -0.39 is 5.97 Å². The van der Waals surface area contributed by atoms with Crippen molar-refractivity contribution in [3.8, 4) is 0 Å². The number of furan rings is 1. The van der Waals surface area contributed by atoms with Crippen LogP contribution in [0.3, 0.4) is 0 Å². The fraction of sp³-hybridized carbons (Fsp3) is 0. The van der Waals surface area contributed by atoms with Gasteiger partial charge >= 0.3 is 5.97 Å². The van der Waals surface area contributed by atoms with Crippen molar-refractivity contribution in [2.75, 3.05) is 5.32 Å². The number of halogens is 2. The van der Waals surface area contributed by atoms with Crippen LogP contribution in [0.15, 0.2) is 39.2 Å². The first-order valence-corrected chi connectivity index (χ1v) is 5.78. The van der Waals surface area contributed by atoms with Crippen molar-refractivity contribution in [3.05, 3.63) is 45.6 Å². The van der Waals surface area contributed by atoms with Crippen molar-refractivity contribution in [3.63, 3.8) is 0 Å². The van der Waals surface area contributed by atoms with Crippen LogP contribution in [-0.4, -0.2) is 11.1 Å². The minimum Gasteiger partial charge on any atom is -0.475 e. The molecular weight excluding hydrogens is 309 g/mol. The SMILES string of the molecule is O=C(O)c1ccc(Nc2ccc(Br)cc2Cl)o1. The molecule has 6 heteroatoms. The van der Waals surface area contributed by atoms with Crippen LogP contribution < -0.4 is 5.32 Å². The monoisotopic (exact) mass is 315 g/mol. The first-order valence-electron chi connectivity index (χ1n) is 4.61. The highest BCUT2D eigenvalue weighted by Gasteiger charge is 2.09. The Hall–Kier alpha value is -1.46. The lowest BCUT2D eigenvalue weighted by Crippen LogP contribution is -1.92. The number of anilines is 2. The van der Waals surface area contributed by atoms with Crippen molar-refractivity contribution in [2.24, 2.45) is 0 Å². The van der Waals surface area contributed by atoms with E-state index in [0.717, 1.165) is 4.47 Å². The Morgan fingerprint density at radius 3 is 2.71 bits per heavy atom. The maximum atomic E-state index is 10.6. The van der Waals surface area contributed by atoms with Crippen LogP contribution in [-0.2, 0) is 0 Å². The van der Waals surface area contributed by atoms with Crippen LogP contribution in [0, 0.1) is 0 Å². The molecule has 0 saturated carbocycles. The third kappa shape index (κ3) is 2.81. The summed E-state index contributed by atoms with van der Waals surface area (Å²) in [4.78, 5) is 10.6. The summed E-state index contributed by atoms with van der Waals surface area (Å²) in [6.07, 6.45) is 0. The van der Waals surface area contributed by atoms with Crippen LogP contribution in [0.25, 0.3) is 0 Å². The Bertz CT molecular complexity index is 568. The summed E-state index contributed by atoms with van der Waals surface area (Å²) in [5, 5.41) is 12.1. The summed E-state index contributed by atoms with van der Waals surface area (Å²) in [5.74, 6) is -0.910. The molecule has 0 unspecified atom stereocenters. The van der Waals surface area contributed by atoms with E-state index in [2.05, 4.69) is 21.2 Å². The molecule has 17 heavy (non-hydrogen) atoms. The van der Waals surface area contributed by atoms with Gasteiger partial charge in [-0.15, -0.1) is 0 Å². The van der Waals surface area contributed by atoms with Crippen molar-refractivity contribution in [1.29, 1.82) is 0 Å². The summed E-state index contributed by atoms with van der Waals surface area (Å²) in [7, 11) is 0. The third-order valence-corrected chi connectivity index (χ3v) is 2.81. The van der Waals surface area contributed by atoms with Crippen LogP contribution in [0.4, 0.5) is 11.6 Å². The number of hydrogen-bond donors (Lipinski definition) is 2. The van der Waals surface area contributed by atoms with Gasteiger partial charge in [-0.05, 0) is 24.3 Å². The second kappa shape index (κ2) is 4.81. The van der Waals surface area contributed by atoms with Crippen LogP contribution in [0.5, 0.6) is 0 Å². The van der Waals surface area contributed by atoms with E-state index in [-0.39, 0.29) is 5.76 Å². The number of benzene rings is 1. The highest BCUT2D eigenvalue weighted by atomic mass is 79.9. The topological polar surface area (TPSA) is 62.5 Å². The lowest BCUT2D eigenvalue weighted by molar-refractivity contribution is 0.0663. The molecule has 4 nitrogen and oxygen atoms in total. The predicted molar refractivity (Wildman–Crippen MR) is 68.1 cm³/mol. The molecule has 0 radical (unpaired) electrons. The molecular formula is C11H7BrClNO3. The average Bonchev–Trinajstić information content (AvgIpc) is 2.71. The van der Waals surface area contributed by atoms with Gasteiger partial charge in [0.1, 0.15) is 0 Å². The Labute approximate surface area is 110 Å². The van der Waals surface area contributed by atoms with Crippen molar-refractivity contribution >= 4 is 45.1 Å². The van der Waals surface area contributed by atoms with Crippen LogP contribution >= 0.6 is 27.5 Å². The van der Waals surface area contributed by atoms with E-state index in [0.29, 0.717) is 16.6 Å². The van der Waals surface area contributed by atoms with Gasteiger partial charge in [0.2, 0.25) is 5.76 Å². The van der Waals surface area contributed by atoms with Crippen LogP contribution in [0.1, 0.15) is 10.6 Å². The quantitative estimate of drug-likeness (QED) is 0.893. The Kier molecular flexibility index (Phi) is 3.40. The number of carbonyl (C=O) groups is 1. The molecule has 1 heterocycles. The molecule has 0 atom stereocenters. The van der Waals surface area contributed by atoms with Crippen molar-refractivity contribution in [1.82, 2.24) is 0 Å². The molecule has 88 valence electrons. The Morgan fingerprint density at radius 2 is 2.12 bits per heavy atom. The molecule has 2 rings (SSSR count).